The third-order valence-electron chi connectivity index (χ3n) is 6.12. The fraction of sp³-hybridized carbons (Fsp3) is 0.207. The molecule has 0 saturated carbocycles. The SMILES string of the molecule is CCOC(=O)c1ccc(N2C(=O)C(=O)/C(=C(\O)c3ccc(OC)cc3OC)C2c2cccc(C)c2)cc1. The van der Waals surface area contributed by atoms with Gasteiger partial charge in [0.2, 0.25) is 0 Å². The molecule has 0 bridgehead atoms. The summed E-state index contributed by atoms with van der Waals surface area (Å²) >= 11 is 0. The number of rotatable bonds is 7. The van der Waals surface area contributed by atoms with Crippen LogP contribution in [0.25, 0.3) is 5.76 Å². The second-order valence-electron chi connectivity index (χ2n) is 8.42. The summed E-state index contributed by atoms with van der Waals surface area (Å²) < 4.78 is 15.7. The van der Waals surface area contributed by atoms with Gasteiger partial charge in [-0.3, -0.25) is 14.5 Å². The molecule has 1 unspecified atom stereocenters. The summed E-state index contributed by atoms with van der Waals surface area (Å²) in [5.41, 5.74) is 2.44. The summed E-state index contributed by atoms with van der Waals surface area (Å²) in [4.78, 5) is 40.2. The molecule has 1 N–H and O–H groups in total. The number of carbonyl (C=O) groups is 3. The van der Waals surface area contributed by atoms with E-state index in [1.165, 1.54) is 31.3 Å². The molecular formula is C29H27NO7. The second-order valence-corrected chi connectivity index (χ2v) is 8.42. The first-order valence-electron chi connectivity index (χ1n) is 11.7. The van der Waals surface area contributed by atoms with Crippen LogP contribution in [-0.4, -0.2) is 43.6 Å². The van der Waals surface area contributed by atoms with Crippen LogP contribution in [0.3, 0.4) is 0 Å². The topological polar surface area (TPSA) is 102 Å². The van der Waals surface area contributed by atoms with Crippen LogP contribution in [0.1, 0.15) is 40.0 Å². The van der Waals surface area contributed by atoms with E-state index in [1.807, 2.05) is 25.1 Å². The van der Waals surface area contributed by atoms with Crippen molar-refractivity contribution in [3.8, 4) is 11.5 Å². The summed E-state index contributed by atoms with van der Waals surface area (Å²) in [5, 5.41) is 11.4. The number of esters is 1. The fourth-order valence-corrected chi connectivity index (χ4v) is 4.37. The van der Waals surface area contributed by atoms with Gasteiger partial charge in [0.05, 0.1) is 43.6 Å². The minimum absolute atomic E-state index is 0.0754. The van der Waals surface area contributed by atoms with Gasteiger partial charge in [0, 0.05) is 11.8 Å². The number of carbonyl (C=O) groups excluding carboxylic acids is 3. The third-order valence-corrected chi connectivity index (χ3v) is 6.12. The van der Waals surface area contributed by atoms with Crippen LogP contribution in [0.4, 0.5) is 5.69 Å². The van der Waals surface area contributed by atoms with E-state index in [0.29, 0.717) is 22.6 Å². The summed E-state index contributed by atoms with van der Waals surface area (Å²) in [6, 6.07) is 17.5. The predicted octanol–water partition coefficient (Wildman–Crippen LogP) is 4.82. The standard InChI is InChI=1S/C29H27NO7/c1-5-37-29(34)18-9-11-20(12-10-18)30-25(19-8-6-7-17(2)15-19)24(27(32)28(30)33)26(31)22-14-13-21(35-3)16-23(22)36-4/h6-16,25,31H,5H2,1-4H3/b26-24-. The van der Waals surface area contributed by atoms with Crippen molar-refractivity contribution in [1.29, 1.82) is 0 Å². The lowest BCUT2D eigenvalue weighted by Gasteiger charge is -2.26. The molecule has 1 aliphatic heterocycles. The minimum Gasteiger partial charge on any atom is -0.507 e. The maximum absolute atomic E-state index is 13.4. The van der Waals surface area contributed by atoms with E-state index in [0.717, 1.165) is 5.56 Å². The quantitative estimate of drug-likeness (QED) is 0.214. The minimum atomic E-state index is -0.917. The molecule has 0 aromatic heterocycles. The Kier molecular flexibility index (Phi) is 7.29. The predicted molar refractivity (Wildman–Crippen MR) is 138 cm³/mol. The zero-order valence-electron chi connectivity index (χ0n) is 21.0. The Hall–Kier alpha value is -4.59. The van der Waals surface area contributed by atoms with E-state index in [4.69, 9.17) is 14.2 Å². The van der Waals surface area contributed by atoms with Crippen molar-refractivity contribution in [3.63, 3.8) is 0 Å². The summed E-state index contributed by atoms with van der Waals surface area (Å²) in [7, 11) is 2.94. The van der Waals surface area contributed by atoms with Crippen molar-refractivity contribution >= 4 is 29.1 Å². The molecule has 1 fully saturated rings. The fourth-order valence-electron chi connectivity index (χ4n) is 4.37. The van der Waals surface area contributed by atoms with Crippen LogP contribution in [0, 0.1) is 6.92 Å². The number of aliphatic hydroxyl groups is 1. The van der Waals surface area contributed by atoms with Crippen molar-refractivity contribution in [2.75, 3.05) is 25.7 Å². The normalized spacial score (nSPS) is 16.5. The van der Waals surface area contributed by atoms with Gasteiger partial charge in [-0.15, -0.1) is 0 Å². The van der Waals surface area contributed by atoms with Gasteiger partial charge < -0.3 is 19.3 Å². The first kappa shape index (κ1) is 25.5. The molecule has 0 spiro atoms. The van der Waals surface area contributed by atoms with Crippen LogP contribution in [-0.2, 0) is 14.3 Å². The van der Waals surface area contributed by atoms with Gasteiger partial charge in [-0.2, -0.15) is 0 Å². The molecule has 8 nitrogen and oxygen atoms in total. The molecule has 1 atom stereocenters. The number of benzene rings is 3. The number of amides is 1. The second kappa shape index (κ2) is 10.6. The highest BCUT2D eigenvalue weighted by atomic mass is 16.5. The van der Waals surface area contributed by atoms with E-state index >= 15 is 0 Å². The number of ketones is 1. The van der Waals surface area contributed by atoms with E-state index in [2.05, 4.69) is 0 Å². The van der Waals surface area contributed by atoms with Crippen LogP contribution in [0.2, 0.25) is 0 Å². The molecule has 3 aromatic rings. The lowest BCUT2D eigenvalue weighted by Crippen LogP contribution is -2.29. The van der Waals surface area contributed by atoms with Crippen LogP contribution >= 0.6 is 0 Å². The Morgan fingerprint density at radius 3 is 2.32 bits per heavy atom. The number of ether oxygens (including phenoxy) is 3. The number of anilines is 1. The van der Waals surface area contributed by atoms with Gasteiger partial charge in [0.25, 0.3) is 11.7 Å². The molecule has 3 aromatic carbocycles. The largest absolute Gasteiger partial charge is 0.507 e. The molecule has 1 saturated heterocycles. The zero-order valence-corrected chi connectivity index (χ0v) is 21.0. The molecule has 0 aliphatic carbocycles. The number of hydrogen-bond donors (Lipinski definition) is 1. The molecule has 1 aliphatic rings. The molecule has 1 amide bonds. The van der Waals surface area contributed by atoms with E-state index < -0.39 is 23.7 Å². The monoisotopic (exact) mass is 501 g/mol. The van der Waals surface area contributed by atoms with Crippen LogP contribution < -0.4 is 14.4 Å². The molecular weight excluding hydrogens is 474 g/mol. The van der Waals surface area contributed by atoms with Crippen molar-refractivity contribution in [2.45, 2.75) is 19.9 Å². The van der Waals surface area contributed by atoms with Crippen LogP contribution in [0.5, 0.6) is 11.5 Å². The molecule has 1 heterocycles. The highest BCUT2D eigenvalue weighted by Gasteiger charge is 2.47. The average Bonchev–Trinajstić information content (AvgIpc) is 3.18. The molecule has 4 rings (SSSR count). The summed E-state index contributed by atoms with van der Waals surface area (Å²) in [6.07, 6.45) is 0. The molecule has 190 valence electrons. The highest BCUT2D eigenvalue weighted by Crippen LogP contribution is 2.43. The van der Waals surface area contributed by atoms with Gasteiger partial charge in [0.1, 0.15) is 17.3 Å². The molecule has 8 heteroatoms. The number of aliphatic hydroxyl groups excluding tert-OH is 1. The lowest BCUT2D eigenvalue weighted by atomic mass is 9.94. The Morgan fingerprint density at radius 2 is 1.70 bits per heavy atom. The maximum atomic E-state index is 13.4. The Morgan fingerprint density at radius 1 is 0.973 bits per heavy atom. The van der Waals surface area contributed by atoms with Crippen LogP contribution in [0.15, 0.2) is 72.3 Å². The number of aryl methyl sites for hydroxylation is 1. The lowest BCUT2D eigenvalue weighted by molar-refractivity contribution is -0.132. The van der Waals surface area contributed by atoms with Gasteiger partial charge in [0.15, 0.2) is 0 Å². The Balaban J connectivity index is 1.90. The van der Waals surface area contributed by atoms with Gasteiger partial charge in [-0.25, -0.2) is 4.79 Å². The number of hydrogen-bond acceptors (Lipinski definition) is 7. The van der Waals surface area contributed by atoms with E-state index in [-0.39, 0.29) is 29.3 Å². The van der Waals surface area contributed by atoms with Crippen molar-refractivity contribution in [1.82, 2.24) is 0 Å². The van der Waals surface area contributed by atoms with Crippen molar-refractivity contribution < 1.29 is 33.7 Å². The van der Waals surface area contributed by atoms with E-state index in [9.17, 15) is 19.5 Å². The van der Waals surface area contributed by atoms with Crippen molar-refractivity contribution in [2.24, 2.45) is 0 Å². The highest BCUT2D eigenvalue weighted by molar-refractivity contribution is 6.51. The van der Waals surface area contributed by atoms with Crippen molar-refractivity contribution in [3.05, 3.63) is 94.6 Å². The summed E-state index contributed by atoms with van der Waals surface area (Å²) in [5.74, 6) is -1.70. The number of Topliss-reactive ketones (excluding diaryl/α,β-unsaturated/α-hetero) is 1. The number of methoxy groups -OCH3 is 2. The number of nitrogens with zero attached hydrogens (tertiary/aromatic N) is 1. The zero-order chi connectivity index (χ0) is 26.7. The first-order chi connectivity index (χ1) is 17.8. The third kappa shape index (κ3) is 4.78. The average molecular weight is 502 g/mol. The van der Waals surface area contributed by atoms with Gasteiger partial charge >= 0.3 is 5.97 Å². The van der Waals surface area contributed by atoms with E-state index in [1.54, 1.807) is 43.3 Å². The first-order valence-corrected chi connectivity index (χ1v) is 11.7. The van der Waals surface area contributed by atoms with Gasteiger partial charge in [-0.1, -0.05) is 29.8 Å². The Bertz CT molecular complexity index is 1390. The smallest absolute Gasteiger partial charge is 0.338 e. The maximum Gasteiger partial charge on any atom is 0.338 e. The molecule has 37 heavy (non-hydrogen) atoms. The van der Waals surface area contributed by atoms with Gasteiger partial charge in [-0.05, 0) is 55.8 Å². The molecule has 0 radical (unpaired) electrons. The summed E-state index contributed by atoms with van der Waals surface area (Å²) in [6.45, 7) is 3.85. The Labute approximate surface area is 214 Å².